The SMILES string of the molecule is CC(CCC(=O)O)NC(=O)c1cccc2cc[nH]c12. The van der Waals surface area contributed by atoms with Gasteiger partial charge < -0.3 is 15.4 Å². The Morgan fingerprint density at radius 2 is 2.16 bits per heavy atom. The molecule has 5 heteroatoms. The number of H-pyrrole nitrogens is 1. The van der Waals surface area contributed by atoms with E-state index in [1.807, 2.05) is 18.2 Å². The number of rotatable bonds is 5. The van der Waals surface area contributed by atoms with Crippen molar-refractivity contribution in [2.24, 2.45) is 0 Å². The molecule has 1 heterocycles. The first kappa shape index (κ1) is 13.1. The van der Waals surface area contributed by atoms with E-state index in [1.165, 1.54) is 0 Å². The summed E-state index contributed by atoms with van der Waals surface area (Å²) in [7, 11) is 0. The largest absolute Gasteiger partial charge is 0.481 e. The Hall–Kier alpha value is -2.30. The van der Waals surface area contributed by atoms with Crippen LogP contribution < -0.4 is 5.32 Å². The lowest BCUT2D eigenvalue weighted by Gasteiger charge is -2.13. The quantitative estimate of drug-likeness (QED) is 0.770. The predicted molar refractivity (Wildman–Crippen MR) is 72.1 cm³/mol. The molecule has 0 bridgehead atoms. The van der Waals surface area contributed by atoms with Gasteiger partial charge >= 0.3 is 5.97 Å². The van der Waals surface area contributed by atoms with E-state index in [-0.39, 0.29) is 18.4 Å². The zero-order valence-electron chi connectivity index (χ0n) is 10.6. The molecular formula is C14H16N2O3. The molecule has 5 nitrogen and oxygen atoms in total. The van der Waals surface area contributed by atoms with Crippen molar-refractivity contribution >= 4 is 22.8 Å². The number of carboxylic acids is 1. The molecule has 100 valence electrons. The smallest absolute Gasteiger partial charge is 0.303 e. The maximum Gasteiger partial charge on any atom is 0.303 e. The van der Waals surface area contributed by atoms with Gasteiger partial charge in [0.25, 0.3) is 5.91 Å². The van der Waals surface area contributed by atoms with E-state index in [9.17, 15) is 9.59 Å². The third kappa shape index (κ3) is 3.13. The maximum atomic E-state index is 12.1. The van der Waals surface area contributed by atoms with Gasteiger partial charge in [0, 0.05) is 24.0 Å². The summed E-state index contributed by atoms with van der Waals surface area (Å²) in [6, 6.07) is 7.23. The molecule has 0 aliphatic rings. The highest BCUT2D eigenvalue weighted by Crippen LogP contribution is 2.17. The number of fused-ring (bicyclic) bond motifs is 1. The first-order valence-corrected chi connectivity index (χ1v) is 6.16. The summed E-state index contributed by atoms with van der Waals surface area (Å²) >= 11 is 0. The van der Waals surface area contributed by atoms with E-state index in [1.54, 1.807) is 19.2 Å². The van der Waals surface area contributed by atoms with Crippen LogP contribution in [0.5, 0.6) is 0 Å². The zero-order valence-corrected chi connectivity index (χ0v) is 10.6. The van der Waals surface area contributed by atoms with Gasteiger partial charge in [-0.05, 0) is 25.5 Å². The van der Waals surface area contributed by atoms with Crippen molar-refractivity contribution in [2.75, 3.05) is 0 Å². The van der Waals surface area contributed by atoms with Crippen LogP contribution in [-0.4, -0.2) is 28.0 Å². The first-order valence-electron chi connectivity index (χ1n) is 6.16. The van der Waals surface area contributed by atoms with Gasteiger partial charge in [0.1, 0.15) is 0 Å². The second-order valence-electron chi connectivity index (χ2n) is 4.55. The third-order valence-electron chi connectivity index (χ3n) is 3.00. The van der Waals surface area contributed by atoms with E-state index in [0.717, 1.165) is 10.9 Å². The second-order valence-corrected chi connectivity index (χ2v) is 4.55. The fraction of sp³-hybridized carbons (Fsp3) is 0.286. The molecule has 0 radical (unpaired) electrons. The summed E-state index contributed by atoms with van der Waals surface area (Å²) in [5, 5.41) is 12.4. The van der Waals surface area contributed by atoms with Gasteiger partial charge in [-0.1, -0.05) is 12.1 Å². The van der Waals surface area contributed by atoms with Crippen LogP contribution in [0.25, 0.3) is 10.9 Å². The topological polar surface area (TPSA) is 82.2 Å². The van der Waals surface area contributed by atoms with Gasteiger partial charge in [-0.2, -0.15) is 0 Å². The lowest BCUT2D eigenvalue weighted by atomic mass is 10.1. The molecule has 0 saturated carbocycles. The van der Waals surface area contributed by atoms with Crippen molar-refractivity contribution in [3.05, 3.63) is 36.0 Å². The van der Waals surface area contributed by atoms with Gasteiger partial charge in [-0.25, -0.2) is 0 Å². The monoisotopic (exact) mass is 260 g/mol. The van der Waals surface area contributed by atoms with Crippen LogP contribution in [0, 0.1) is 0 Å². The number of carbonyl (C=O) groups is 2. The first-order chi connectivity index (χ1) is 9.08. The summed E-state index contributed by atoms with van der Waals surface area (Å²) in [5.41, 5.74) is 1.37. The second kappa shape index (κ2) is 5.56. The van der Waals surface area contributed by atoms with Crippen molar-refractivity contribution in [3.8, 4) is 0 Å². The Morgan fingerprint density at radius 1 is 1.37 bits per heavy atom. The molecule has 0 fully saturated rings. The van der Waals surface area contributed by atoms with E-state index in [4.69, 9.17) is 5.11 Å². The van der Waals surface area contributed by atoms with Crippen LogP contribution >= 0.6 is 0 Å². The van der Waals surface area contributed by atoms with Crippen molar-refractivity contribution < 1.29 is 14.7 Å². The van der Waals surface area contributed by atoms with E-state index in [2.05, 4.69) is 10.3 Å². The third-order valence-corrected chi connectivity index (χ3v) is 3.00. The fourth-order valence-corrected chi connectivity index (χ4v) is 1.99. The minimum absolute atomic E-state index is 0.0498. The molecule has 0 aliphatic carbocycles. The average Bonchev–Trinajstić information content (AvgIpc) is 2.84. The number of aromatic nitrogens is 1. The summed E-state index contributed by atoms with van der Waals surface area (Å²) in [4.78, 5) is 25.7. The molecule has 0 saturated heterocycles. The predicted octanol–water partition coefficient (Wildman–Crippen LogP) is 2.15. The number of aliphatic carboxylic acids is 1. The highest BCUT2D eigenvalue weighted by molar-refractivity contribution is 6.05. The number of benzene rings is 1. The van der Waals surface area contributed by atoms with Crippen LogP contribution in [0.3, 0.4) is 0 Å². The van der Waals surface area contributed by atoms with Crippen LogP contribution in [0.4, 0.5) is 0 Å². The molecule has 2 rings (SSSR count). The number of nitrogens with one attached hydrogen (secondary N) is 2. The highest BCUT2D eigenvalue weighted by Gasteiger charge is 2.13. The van der Waals surface area contributed by atoms with Crippen LogP contribution in [0.2, 0.25) is 0 Å². The Labute approximate surface area is 110 Å². The number of para-hydroxylation sites is 1. The Bertz CT molecular complexity index is 604. The Morgan fingerprint density at radius 3 is 2.89 bits per heavy atom. The molecular weight excluding hydrogens is 244 g/mol. The van der Waals surface area contributed by atoms with Gasteiger partial charge in [0.2, 0.25) is 0 Å². The van der Waals surface area contributed by atoms with Gasteiger partial charge in [-0.15, -0.1) is 0 Å². The summed E-state index contributed by atoms with van der Waals surface area (Å²) in [6.07, 6.45) is 2.26. The normalized spacial score (nSPS) is 12.3. The standard InChI is InChI=1S/C14H16N2O3/c1-9(5-6-12(17)18)16-14(19)11-4-2-3-10-7-8-15-13(10)11/h2-4,7-9,15H,5-6H2,1H3,(H,16,19)(H,17,18). The Kier molecular flexibility index (Phi) is 3.85. The van der Waals surface area contributed by atoms with Crippen molar-refractivity contribution in [2.45, 2.75) is 25.8 Å². The number of hydrogen-bond acceptors (Lipinski definition) is 2. The molecule has 1 aromatic heterocycles. The Balaban J connectivity index is 2.07. The molecule has 1 aromatic carbocycles. The van der Waals surface area contributed by atoms with Gasteiger partial charge in [0.15, 0.2) is 0 Å². The van der Waals surface area contributed by atoms with Gasteiger partial charge in [-0.3, -0.25) is 9.59 Å². The molecule has 19 heavy (non-hydrogen) atoms. The molecule has 3 N–H and O–H groups in total. The van der Waals surface area contributed by atoms with Crippen molar-refractivity contribution in [3.63, 3.8) is 0 Å². The number of amides is 1. The van der Waals surface area contributed by atoms with E-state index in [0.29, 0.717) is 12.0 Å². The minimum Gasteiger partial charge on any atom is -0.481 e. The lowest BCUT2D eigenvalue weighted by molar-refractivity contribution is -0.137. The zero-order chi connectivity index (χ0) is 13.8. The highest BCUT2D eigenvalue weighted by atomic mass is 16.4. The van der Waals surface area contributed by atoms with Crippen LogP contribution in [0.15, 0.2) is 30.5 Å². The summed E-state index contributed by atoms with van der Waals surface area (Å²) in [5.74, 6) is -1.04. The molecule has 1 unspecified atom stereocenters. The van der Waals surface area contributed by atoms with Crippen LogP contribution in [0.1, 0.15) is 30.1 Å². The molecule has 1 amide bonds. The minimum atomic E-state index is -0.854. The lowest BCUT2D eigenvalue weighted by Crippen LogP contribution is -2.33. The van der Waals surface area contributed by atoms with Gasteiger partial charge in [0.05, 0.1) is 11.1 Å². The van der Waals surface area contributed by atoms with Crippen molar-refractivity contribution in [1.82, 2.24) is 10.3 Å². The maximum absolute atomic E-state index is 12.1. The summed E-state index contributed by atoms with van der Waals surface area (Å²) in [6.45, 7) is 1.80. The van der Waals surface area contributed by atoms with E-state index < -0.39 is 5.97 Å². The van der Waals surface area contributed by atoms with Crippen LogP contribution in [-0.2, 0) is 4.79 Å². The van der Waals surface area contributed by atoms with Crippen molar-refractivity contribution in [1.29, 1.82) is 0 Å². The number of carbonyl (C=O) groups excluding carboxylic acids is 1. The molecule has 1 atom stereocenters. The molecule has 2 aromatic rings. The molecule has 0 aliphatic heterocycles. The fourth-order valence-electron chi connectivity index (χ4n) is 1.99. The summed E-state index contributed by atoms with van der Waals surface area (Å²) < 4.78 is 0. The number of aromatic amines is 1. The number of carboxylic acid groups (broad SMARTS) is 1. The molecule has 0 spiro atoms. The van der Waals surface area contributed by atoms with E-state index >= 15 is 0 Å². The number of hydrogen-bond donors (Lipinski definition) is 3. The average molecular weight is 260 g/mol.